The van der Waals surface area contributed by atoms with Crippen LogP contribution in [0.15, 0.2) is 24.8 Å². The summed E-state index contributed by atoms with van der Waals surface area (Å²) in [6, 6.07) is 6.73. The van der Waals surface area contributed by atoms with Crippen LogP contribution in [0.5, 0.6) is 0 Å². The van der Waals surface area contributed by atoms with Gasteiger partial charge in [0.2, 0.25) is 0 Å². The van der Waals surface area contributed by atoms with Crippen LogP contribution in [0.25, 0.3) is 6.08 Å². The molecule has 0 fully saturated rings. The molecule has 0 aliphatic carbocycles. The Labute approximate surface area is 94.0 Å². The summed E-state index contributed by atoms with van der Waals surface area (Å²) in [4.78, 5) is 0. The highest BCUT2D eigenvalue weighted by molar-refractivity contribution is 5.49. The maximum Gasteiger partial charge on any atom is -0.0257 e. The minimum absolute atomic E-state index is 1.21. The van der Waals surface area contributed by atoms with E-state index in [1.54, 1.807) is 0 Å². The Hall–Kier alpha value is -1.04. The lowest BCUT2D eigenvalue weighted by Gasteiger charge is -2.05. The Morgan fingerprint density at radius 1 is 1.13 bits per heavy atom. The lowest BCUT2D eigenvalue weighted by atomic mass is 10.0. The zero-order valence-electron chi connectivity index (χ0n) is 10.1. The SMILES string of the molecule is C=Cc1cc(C)cc(CCCCCC)c1. The van der Waals surface area contributed by atoms with Gasteiger partial charge in [-0.2, -0.15) is 0 Å². The van der Waals surface area contributed by atoms with E-state index in [2.05, 4.69) is 38.6 Å². The highest BCUT2D eigenvalue weighted by Crippen LogP contribution is 2.14. The fourth-order valence-electron chi connectivity index (χ4n) is 1.91. The van der Waals surface area contributed by atoms with E-state index in [0.29, 0.717) is 0 Å². The van der Waals surface area contributed by atoms with Crippen molar-refractivity contribution in [3.63, 3.8) is 0 Å². The third-order valence-electron chi connectivity index (χ3n) is 2.71. The molecular formula is C15H22. The molecule has 0 N–H and O–H groups in total. The van der Waals surface area contributed by atoms with Crippen molar-refractivity contribution in [2.45, 2.75) is 46.0 Å². The number of rotatable bonds is 6. The summed E-state index contributed by atoms with van der Waals surface area (Å²) in [6.45, 7) is 8.23. The van der Waals surface area contributed by atoms with Gasteiger partial charge in [-0.1, -0.05) is 62.6 Å². The van der Waals surface area contributed by atoms with Gasteiger partial charge in [-0.05, 0) is 30.9 Å². The zero-order valence-corrected chi connectivity index (χ0v) is 10.1. The third-order valence-corrected chi connectivity index (χ3v) is 2.71. The number of benzene rings is 1. The molecule has 82 valence electrons. The summed E-state index contributed by atoms with van der Waals surface area (Å²) in [5.41, 5.74) is 4.05. The molecule has 0 heterocycles. The van der Waals surface area contributed by atoms with Crippen molar-refractivity contribution in [1.29, 1.82) is 0 Å². The van der Waals surface area contributed by atoms with Crippen molar-refractivity contribution in [3.8, 4) is 0 Å². The average Bonchev–Trinajstić information content (AvgIpc) is 2.23. The van der Waals surface area contributed by atoms with Gasteiger partial charge in [-0.25, -0.2) is 0 Å². The Bertz CT molecular complexity index is 310. The summed E-state index contributed by atoms with van der Waals surface area (Å²) in [6.07, 6.45) is 8.48. The number of hydrogen-bond acceptors (Lipinski definition) is 0. The van der Waals surface area contributed by atoms with E-state index in [1.165, 1.54) is 48.8 Å². The molecule has 0 atom stereocenters. The molecule has 1 aromatic rings. The Morgan fingerprint density at radius 2 is 1.93 bits per heavy atom. The predicted molar refractivity (Wildman–Crippen MR) is 69.1 cm³/mol. The number of aryl methyl sites for hydroxylation is 2. The van der Waals surface area contributed by atoms with Gasteiger partial charge in [0.25, 0.3) is 0 Å². The van der Waals surface area contributed by atoms with Crippen molar-refractivity contribution in [1.82, 2.24) is 0 Å². The second kappa shape index (κ2) is 6.44. The molecule has 0 saturated heterocycles. The van der Waals surface area contributed by atoms with Crippen LogP contribution in [0.2, 0.25) is 0 Å². The normalized spacial score (nSPS) is 10.3. The van der Waals surface area contributed by atoms with Crippen LogP contribution < -0.4 is 0 Å². The largest absolute Gasteiger partial charge is 0.0985 e. The Balaban J connectivity index is 2.53. The molecule has 0 aliphatic heterocycles. The van der Waals surface area contributed by atoms with Crippen molar-refractivity contribution in [3.05, 3.63) is 41.5 Å². The van der Waals surface area contributed by atoms with E-state index in [9.17, 15) is 0 Å². The van der Waals surface area contributed by atoms with E-state index in [4.69, 9.17) is 0 Å². The van der Waals surface area contributed by atoms with Crippen LogP contribution in [-0.4, -0.2) is 0 Å². The summed E-state index contributed by atoms with van der Waals surface area (Å²) in [5, 5.41) is 0. The van der Waals surface area contributed by atoms with Gasteiger partial charge in [-0.15, -0.1) is 0 Å². The van der Waals surface area contributed by atoms with Crippen molar-refractivity contribution >= 4 is 6.08 Å². The summed E-state index contributed by atoms with van der Waals surface area (Å²) in [7, 11) is 0. The maximum absolute atomic E-state index is 3.82. The van der Waals surface area contributed by atoms with E-state index < -0.39 is 0 Å². The van der Waals surface area contributed by atoms with Crippen LogP contribution in [0.4, 0.5) is 0 Å². The predicted octanol–water partition coefficient (Wildman–Crippen LogP) is 4.76. The lowest BCUT2D eigenvalue weighted by Crippen LogP contribution is -1.88. The number of hydrogen-bond donors (Lipinski definition) is 0. The first-order valence-electron chi connectivity index (χ1n) is 5.99. The van der Waals surface area contributed by atoms with E-state index in [1.807, 2.05) is 6.08 Å². The molecule has 15 heavy (non-hydrogen) atoms. The van der Waals surface area contributed by atoms with Crippen LogP contribution in [0.3, 0.4) is 0 Å². The Kier molecular flexibility index (Phi) is 5.17. The molecule has 0 amide bonds. The fourth-order valence-corrected chi connectivity index (χ4v) is 1.91. The van der Waals surface area contributed by atoms with Crippen molar-refractivity contribution in [2.24, 2.45) is 0 Å². The standard InChI is InChI=1S/C15H22/c1-4-6-7-8-9-15-11-13(3)10-14(5-2)12-15/h5,10-12H,2,4,6-9H2,1,3H3. The first-order valence-corrected chi connectivity index (χ1v) is 5.99. The summed E-state index contributed by atoms with van der Waals surface area (Å²) < 4.78 is 0. The van der Waals surface area contributed by atoms with Crippen molar-refractivity contribution < 1.29 is 0 Å². The maximum atomic E-state index is 3.82. The van der Waals surface area contributed by atoms with Gasteiger partial charge >= 0.3 is 0 Å². The van der Waals surface area contributed by atoms with Crippen LogP contribution >= 0.6 is 0 Å². The minimum Gasteiger partial charge on any atom is -0.0985 e. The van der Waals surface area contributed by atoms with Gasteiger partial charge in [0.05, 0.1) is 0 Å². The molecule has 0 unspecified atom stereocenters. The molecule has 0 saturated carbocycles. The first-order chi connectivity index (χ1) is 7.26. The van der Waals surface area contributed by atoms with Gasteiger partial charge in [0.15, 0.2) is 0 Å². The highest BCUT2D eigenvalue weighted by atomic mass is 14.0. The molecule has 0 radical (unpaired) electrons. The van der Waals surface area contributed by atoms with Crippen LogP contribution in [0.1, 0.15) is 49.3 Å². The molecular weight excluding hydrogens is 180 g/mol. The molecule has 0 spiro atoms. The topological polar surface area (TPSA) is 0 Å². The minimum atomic E-state index is 1.21. The molecule has 0 aromatic heterocycles. The third kappa shape index (κ3) is 4.33. The van der Waals surface area contributed by atoms with E-state index in [-0.39, 0.29) is 0 Å². The molecule has 1 rings (SSSR count). The zero-order chi connectivity index (χ0) is 11.1. The smallest absolute Gasteiger partial charge is 0.0257 e. The monoisotopic (exact) mass is 202 g/mol. The summed E-state index contributed by atoms with van der Waals surface area (Å²) >= 11 is 0. The molecule has 0 heteroatoms. The quantitative estimate of drug-likeness (QED) is 0.583. The lowest BCUT2D eigenvalue weighted by molar-refractivity contribution is 0.666. The van der Waals surface area contributed by atoms with Crippen LogP contribution in [0, 0.1) is 6.92 Å². The van der Waals surface area contributed by atoms with Gasteiger partial charge < -0.3 is 0 Å². The molecule has 0 nitrogen and oxygen atoms in total. The second-order valence-electron chi connectivity index (χ2n) is 4.27. The van der Waals surface area contributed by atoms with E-state index in [0.717, 1.165) is 0 Å². The van der Waals surface area contributed by atoms with Crippen molar-refractivity contribution in [2.75, 3.05) is 0 Å². The van der Waals surface area contributed by atoms with Crippen LogP contribution in [-0.2, 0) is 6.42 Å². The second-order valence-corrected chi connectivity index (χ2v) is 4.27. The number of unbranched alkanes of at least 4 members (excludes halogenated alkanes) is 3. The molecule has 0 aliphatic rings. The Morgan fingerprint density at radius 3 is 2.60 bits per heavy atom. The molecule has 0 bridgehead atoms. The fraction of sp³-hybridized carbons (Fsp3) is 0.467. The highest BCUT2D eigenvalue weighted by Gasteiger charge is 1.96. The van der Waals surface area contributed by atoms with Gasteiger partial charge in [0, 0.05) is 0 Å². The van der Waals surface area contributed by atoms with Gasteiger partial charge in [0.1, 0.15) is 0 Å². The van der Waals surface area contributed by atoms with Gasteiger partial charge in [-0.3, -0.25) is 0 Å². The molecule has 1 aromatic carbocycles. The summed E-state index contributed by atoms with van der Waals surface area (Å²) in [5.74, 6) is 0. The van der Waals surface area contributed by atoms with E-state index >= 15 is 0 Å². The average molecular weight is 202 g/mol. The first kappa shape index (κ1) is 12.0.